The highest BCUT2D eigenvalue weighted by molar-refractivity contribution is 5.75. The highest BCUT2D eigenvalue weighted by atomic mass is 16.4. The fourth-order valence-electron chi connectivity index (χ4n) is 2.23. The zero-order chi connectivity index (χ0) is 15.2. The first kappa shape index (κ1) is 15.2. The number of benzene rings is 1. The average molecular weight is 284 g/mol. The maximum absolute atomic E-state index is 11.0. The van der Waals surface area contributed by atoms with Crippen molar-refractivity contribution in [3.05, 3.63) is 65.5 Å². The van der Waals surface area contributed by atoms with Crippen LogP contribution in [0.3, 0.4) is 0 Å². The van der Waals surface area contributed by atoms with Crippen LogP contribution in [0.25, 0.3) is 0 Å². The van der Waals surface area contributed by atoms with Gasteiger partial charge in [-0.3, -0.25) is 14.7 Å². The predicted octanol–water partition coefficient (Wildman–Crippen LogP) is 2.90. The van der Waals surface area contributed by atoms with Crippen LogP contribution in [-0.2, 0) is 17.9 Å². The molecule has 0 radical (unpaired) electrons. The van der Waals surface area contributed by atoms with Crippen LogP contribution in [0.4, 0.5) is 0 Å². The summed E-state index contributed by atoms with van der Waals surface area (Å²) in [5, 5.41) is 9.00. The number of aromatic nitrogens is 1. The van der Waals surface area contributed by atoms with Crippen molar-refractivity contribution in [2.45, 2.75) is 25.9 Å². The fourth-order valence-corrected chi connectivity index (χ4v) is 2.23. The van der Waals surface area contributed by atoms with Gasteiger partial charge in [-0.2, -0.15) is 0 Å². The Labute approximate surface area is 125 Å². The molecule has 1 heterocycles. The molecule has 0 bridgehead atoms. The lowest BCUT2D eigenvalue weighted by atomic mass is 10.00. The Bertz CT molecular complexity index is 581. The molecule has 2 rings (SSSR count). The number of rotatable bonds is 6. The minimum absolute atomic E-state index is 0.466. The molecule has 0 amide bonds. The summed E-state index contributed by atoms with van der Waals surface area (Å²) in [5.74, 6) is -1.26. The van der Waals surface area contributed by atoms with Gasteiger partial charge in [-0.25, -0.2) is 0 Å². The molecule has 1 N–H and O–H groups in total. The second-order valence-electron chi connectivity index (χ2n) is 5.34. The summed E-state index contributed by atoms with van der Waals surface area (Å²) < 4.78 is 0. The fraction of sp³-hybridized carbons (Fsp3) is 0.294. The molecule has 0 aliphatic heterocycles. The van der Waals surface area contributed by atoms with Gasteiger partial charge < -0.3 is 5.11 Å². The van der Waals surface area contributed by atoms with E-state index in [2.05, 4.69) is 23.0 Å². The Morgan fingerprint density at radius 1 is 1.19 bits per heavy atom. The lowest BCUT2D eigenvalue weighted by Gasteiger charge is -2.17. The van der Waals surface area contributed by atoms with Gasteiger partial charge in [0.15, 0.2) is 0 Å². The number of aliphatic carboxylic acids is 1. The normalized spacial score (nSPS) is 12.3. The third-order valence-corrected chi connectivity index (χ3v) is 3.48. The summed E-state index contributed by atoms with van der Waals surface area (Å²) in [6, 6.07) is 11.8. The van der Waals surface area contributed by atoms with Gasteiger partial charge >= 0.3 is 5.97 Å². The van der Waals surface area contributed by atoms with Gasteiger partial charge in [-0.1, -0.05) is 30.3 Å². The first-order valence-corrected chi connectivity index (χ1v) is 6.95. The van der Waals surface area contributed by atoms with E-state index >= 15 is 0 Å². The lowest BCUT2D eigenvalue weighted by molar-refractivity contribution is -0.138. The van der Waals surface area contributed by atoms with E-state index in [0.29, 0.717) is 0 Å². The molecule has 0 fully saturated rings. The molecule has 1 aromatic carbocycles. The van der Waals surface area contributed by atoms with Gasteiger partial charge in [-0.15, -0.1) is 0 Å². The Hall–Kier alpha value is -2.20. The van der Waals surface area contributed by atoms with Crippen LogP contribution in [-0.4, -0.2) is 28.0 Å². The quantitative estimate of drug-likeness (QED) is 0.886. The maximum atomic E-state index is 11.0. The molecule has 0 saturated carbocycles. The second-order valence-corrected chi connectivity index (χ2v) is 5.34. The molecule has 0 saturated heterocycles. The van der Waals surface area contributed by atoms with Crippen LogP contribution in [0.2, 0.25) is 0 Å². The largest absolute Gasteiger partial charge is 0.481 e. The standard InChI is InChI=1S/C17H20N2O2/c1-13(17(20)21)16-7-5-14(6-8-16)11-19(2)12-15-4-3-9-18-10-15/h3-10,13H,11-12H2,1-2H3,(H,20,21). The summed E-state index contributed by atoms with van der Waals surface area (Å²) >= 11 is 0. The van der Waals surface area contributed by atoms with E-state index in [1.807, 2.05) is 36.5 Å². The van der Waals surface area contributed by atoms with Crippen molar-refractivity contribution in [2.75, 3.05) is 7.05 Å². The minimum atomic E-state index is -0.795. The number of carbonyl (C=O) groups is 1. The van der Waals surface area contributed by atoms with Crippen LogP contribution in [0.1, 0.15) is 29.5 Å². The van der Waals surface area contributed by atoms with Crippen LogP contribution in [0.5, 0.6) is 0 Å². The van der Waals surface area contributed by atoms with Crippen molar-refractivity contribution < 1.29 is 9.90 Å². The van der Waals surface area contributed by atoms with E-state index in [9.17, 15) is 4.79 Å². The summed E-state index contributed by atoms with van der Waals surface area (Å²) in [5.41, 5.74) is 3.18. The topological polar surface area (TPSA) is 53.4 Å². The van der Waals surface area contributed by atoms with E-state index in [0.717, 1.165) is 18.7 Å². The van der Waals surface area contributed by atoms with Crippen LogP contribution in [0, 0.1) is 0 Å². The van der Waals surface area contributed by atoms with Crippen molar-refractivity contribution in [1.82, 2.24) is 9.88 Å². The molecule has 1 unspecified atom stereocenters. The molecule has 1 atom stereocenters. The maximum Gasteiger partial charge on any atom is 0.310 e. The second kappa shape index (κ2) is 6.99. The molecule has 0 aliphatic carbocycles. The van der Waals surface area contributed by atoms with Crippen molar-refractivity contribution in [3.8, 4) is 0 Å². The van der Waals surface area contributed by atoms with E-state index < -0.39 is 11.9 Å². The van der Waals surface area contributed by atoms with Crippen molar-refractivity contribution >= 4 is 5.97 Å². The highest BCUT2D eigenvalue weighted by Gasteiger charge is 2.13. The third kappa shape index (κ3) is 4.39. The van der Waals surface area contributed by atoms with E-state index in [-0.39, 0.29) is 0 Å². The van der Waals surface area contributed by atoms with Gasteiger partial charge in [0.1, 0.15) is 0 Å². The van der Waals surface area contributed by atoms with Gasteiger partial charge in [-0.05, 0) is 36.7 Å². The van der Waals surface area contributed by atoms with Crippen LogP contribution in [0.15, 0.2) is 48.8 Å². The number of hydrogen-bond donors (Lipinski definition) is 1. The molecule has 4 nitrogen and oxygen atoms in total. The average Bonchev–Trinajstić information content (AvgIpc) is 2.48. The molecule has 110 valence electrons. The van der Waals surface area contributed by atoms with E-state index in [1.54, 1.807) is 13.1 Å². The molecule has 2 aromatic rings. The number of hydrogen-bond acceptors (Lipinski definition) is 3. The first-order chi connectivity index (χ1) is 10.1. The first-order valence-electron chi connectivity index (χ1n) is 6.95. The Morgan fingerprint density at radius 3 is 2.43 bits per heavy atom. The van der Waals surface area contributed by atoms with E-state index in [4.69, 9.17) is 5.11 Å². The van der Waals surface area contributed by atoms with Gasteiger partial charge in [0.2, 0.25) is 0 Å². The van der Waals surface area contributed by atoms with Gasteiger partial charge in [0, 0.05) is 25.5 Å². The van der Waals surface area contributed by atoms with Crippen molar-refractivity contribution in [2.24, 2.45) is 0 Å². The van der Waals surface area contributed by atoms with Gasteiger partial charge in [0.05, 0.1) is 5.92 Å². The summed E-state index contributed by atoms with van der Waals surface area (Å²) in [7, 11) is 2.06. The SMILES string of the molecule is CC(C(=O)O)c1ccc(CN(C)Cc2cccnc2)cc1. The molecule has 0 aliphatic rings. The number of carboxylic acid groups (broad SMARTS) is 1. The molecule has 1 aromatic heterocycles. The smallest absolute Gasteiger partial charge is 0.310 e. The zero-order valence-electron chi connectivity index (χ0n) is 12.4. The molecule has 21 heavy (non-hydrogen) atoms. The summed E-state index contributed by atoms with van der Waals surface area (Å²) in [4.78, 5) is 17.3. The number of nitrogens with zero attached hydrogens (tertiary/aromatic N) is 2. The Kier molecular flexibility index (Phi) is 5.06. The van der Waals surface area contributed by atoms with Crippen molar-refractivity contribution in [3.63, 3.8) is 0 Å². The number of pyridine rings is 1. The Morgan fingerprint density at radius 2 is 1.86 bits per heavy atom. The molecular formula is C17H20N2O2. The molecular weight excluding hydrogens is 264 g/mol. The lowest BCUT2D eigenvalue weighted by Crippen LogP contribution is -2.17. The monoisotopic (exact) mass is 284 g/mol. The van der Waals surface area contributed by atoms with Crippen LogP contribution >= 0.6 is 0 Å². The summed E-state index contributed by atoms with van der Waals surface area (Å²) in [6.45, 7) is 3.35. The van der Waals surface area contributed by atoms with Crippen molar-refractivity contribution in [1.29, 1.82) is 0 Å². The van der Waals surface area contributed by atoms with Crippen LogP contribution < -0.4 is 0 Å². The minimum Gasteiger partial charge on any atom is -0.481 e. The van der Waals surface area contributed by atoms with Gasteiger partial charge in [0.25, 0.3) is 0 Å². The molecule has 0 spiro atoms. The Balaban J connectivity index is 1.95. The third-order valence-electron chi connectivity index (χ3n) is 3.48. The summed E-state index contributed by atoms with van der Waals surface area (Å²) in [6.07, 6.45) is 3.64. The molecule has 4 heteroatoms. The number of carboxylic acids is 1. The zero-order valence-corrected chi connectivity index (χ0v) is 12.4. The highest BCUT2D eigenvalue weighted by Crippen LogP contribution is 2.17. The predicted molar refractivity (Wildman–Crippen MR) is 81.9 cm³/mol. The van der Waals surface area contributed by atoms with E-state index in [1.165, 1.54) is 11.1 Å².